The van der Waals surface area contributed by atoms with Crippen molar-refractivity contribution in [2.45, 2.75) is 60.1 Å². The largest absolute Gasteiger partial charge is 0.419 e. The highest BCUT2D eigenvalue weighted by Gasteiger charge is 2.71. The number of hydrogen-bond acceptors (Lipinski definition) is 7. The third-order valence-corrected chi connectivity index (χ3v) is 8.82. The van der Waals surface area contributed by atoms with Gasteiger partial charge in [-0.25, -0.2) is 0 Å². The van der Waals surface area contributed by atoms with E-state index >= 15 is 0 Å². The highest BCUT2D eigenvalue weighted by Crippen LogP contribution is 2.50. The summed E-state index contributed by atoms with van der Waals surface area (Å²) in [6.45, 7) is 2.68. The number of hydrogen-bond donors (Lipinski definition) is 5. The molecule has 0 heterocycles. The molecule has 0 fully saturated rings. The summed E-state index contributed by atoms with van der Waals surface area (Å²) >= 11 is 0. The molecule has 0 saturated carbocycles. The van der Waals surface area contributed by atoms with Gasteiger partial charge in [-0.05, 0) is 55.7 Å². The van der Waals surface area contributed by atoms with E-state index in [0.29, 0.717) is 5.56 Å². The van der Waals surface area contributed by atoms with Gasteiger partial charge < -0.3 is 10.8 Å². The van der Waals surface area contributed by atoms with E-state index in [1.165, 1.54) is 35.6 Å². The number of benzene rings is 4. The molecule has 274 valence electrons. The van der Waals surface area contributed by atoms with Crippen molar-refractivity contribution in [3.63, 3.8) is 0 Å². The second-order valence-electron chi connectivity index (χ2n) is 11.0. The van der Waals surface area contributed by atoms with Crippen LogP contribution in [0.15, 0.2) is 119 Å². The first kappa shape index (κ1) is 42.3. The fourth-order valence-corrected chi connectivity index (χ4v) is 5.29. The summed E-state index contributed by atoms with van der Waals surface area (Å²) in [5.74, 6) is 0. The number of aliphatic hydroxyl groups is 1. The second kappa shape index (κ2) is 17.4. The lowest BCUT2D eigenvalue weighted by atomic mass is 9.87. The summed E-state index contributed by atoms with van der Waals surface area (Å²) < 4.78 is 141. The zero-order chi connectivity index (χ0) is 38.0. The van der Waals surface area contributed by atoms with Crippen LogP contribution >= 0.6 is 0 Å². The number of nitrogens with one attached hydrogen (secondary N) is 1. The molecule has 2 atom stereocenters. The number of halogens is 6. The van der Waals surface area contributed by atoms with Crippen molar-refractivity contribution in [3.8, 4) is 0 Å². The van der Waals surface area contributed by atoms with Gasteiger partial charge in [0.15, 0.2) is 0 Å². The topological polar surface area (TPSA) is 167 Å². The molecule has 0 bridgehead atoms. The van der Waals surface area contributed by atoms with Gasteiger partial charge in [0.25, 0.3) is 20.2 Å². The molecule has 9 nitrogen and oxygen atoms in total. The predicted octanol–water partition coefficient (Wildman–Crippen LogP) is 6.01. The van der Waals surface area contributed by atoms with Gasteiger partial charge in [0.05, 0.1) is 15.9 Å². The third-order valence-electron chi connectivity index (χ3n) is 7.08. The molecule has 0 saturated heterocycles. The Morgan fingerprint density at radius 1 is 0.640 bits per heavy atom. The molecule has 0 unspecified atom stereocenters. The van der Waals surface area contributed by atoms with Gasteiger partial charge in [-0.15, -0.1) is 0 Å². The lowest BCUT2D eigenvalue weighted by Crippen LogP contribution is -2.65. The smallest absolute Gasteiger partial charge is 0.390 e. The van der Waals surface area contributed by atoms with E-state index in [-0.39, 0.29) is 16.2 Å². The molecule has 4 aromatic carbocycles. The molecule has 17 heteroatoms. The number of alkyl halides is 6. The van der Waals surface area contributed by atoms with Crippen LogP contribution in [0.3, 0.4) is 0 Å². The van der Waals surface area contributed by atoms with E-state index in [2.05, 4.69) is 0 Å². The average Bonchev–Trinajstić information content (AvgIpc) is 3.01. The normalized spacial score (nSPS) is 13.6. The zero-order valence-corrected chi connectivity index (χ0v) is 28.2. The summed E-state index contributed by atoms with van der Waals surface area (Å²) in [5.41, 5.74) is 3.06. The quantitative estimate of drug-likeness (QED) is 0.102. The Hall–Kier alpha value is -3.84. The molecule has 6 N–H and O–H groups in total. The van der Waals surface area contributed by atoms with Crippen LogP contribution in [0.25, 0.3) is 0 Å². The lowest BCUT2D eigenvalue weighted by molar-refractivity contribution is -0.314. The fourth-order valence-electron chi connectivity index (χ4n) is 4.33. The second-order valence-corrected chi connectivity index (χ2v) is 13.8. The Bertz CT molecular complexity index is 1750. The molecular formula is C33H36F6N2O7S2. The van der Waals surface area contributed by atoms with Crippen LogP contribution in [0.1, 0.15) is 22.3 Å². The van der Waals surface area contributed by atoms with Gasteiger partial charge in [-0.1, -0.05) is 96.1 Å². The molecule has 0 aliphatic carbocycles. The van der Waals surface area contributed by atoms with Gasteiger partial charge >= 0.3 is 12.4 Å². The van der Waals surface area contributed by atoms with Crippen LogP contribution < -0.4 is 11.1 Å². The molecule has 0 amide bonds. The summed E-state index contributed by atoms with van der Waals surface area (Å²) in [6.07, 6.45) is -12.9. The maximum absolute atomic E-state index is 13.7. The van der Waals surface area contributed by atoms with Gasteiger partial charge in [-0.2, -0.15) is 43.2 Å². The SMILES string of the molecule is Cc1ccc(S(=O)(=O)O)cc1.Cc1ccc(S(=O)(=O)O)cc1.N[C@@H](Cc1ccccc1)[C@H](O)CNC(c1ccccc1)(C(F)(F)F)C(F)(F)F. The monoisotopic (exact) mass is 750 g/mol. The van der Waals surface area contributed by atoms with Crippen molar-refractivity contribution in [2.75, 3.05) is 6.54 Å². The minimum Gasteiger partial charge on any atom is -0.390 e. The number of nitrogens with two attached hydrogens (primary N) is 1. The van der Waals surface area contributed by atoms with E-state index in [1.54, 1.807) is 54.6 Å². The first-order chi connectivity index (χ1) is 23.0. The van der Waals surface area contributed by atoms with E-state index in [1.807, 2.05) is 13.8 Å². The number of rotatable bonds is 9. The molecule has 0 radical (unpaired) electrons. The van der Waals surface area contributed by atoms with Crippen molar-refractivity contribution >= 4 is 20.2 Å². The maximum Gasteiger partial charge on any atom is 0.419 e. The van der Waals surface area contributed by atoms with Crippen molar-refractivity contribution < 1.29 is 57.4 Å². The van der Waals surface area contributed by atoms with Crippen LogP contribution in [-0.4, -0.2) is 62.1 Å². The average molecular weight is 751 g/mol. The minimum atomic E-state index is -5.70. The van der Waals surface area contributed by atoms with Gasteiger partial charge in [0.1, 0.15) is 0 Å². The van der Waals surface area contributed by atoms with Gasteiger partial charge in [0, 0.05) is 12.6 Å². The number of aryl methyl sites for hydroxylation is 2. The summed E-state index contributed by atoms with van der Waals surface area (Å²) in [5, 5.41) is 11.6. The van der Waals surface area contributed by atoms with Crippen LogP contribution in [0.5, 0.6) is 0 Å². The molecule has 4 aromatic rings. The van der Waals surface area contributed by atoms with Crippen molar-refractivity contribution in [3.05, 3.63) is 131 Å². The van der Waals surface area contributed by atoms with Crippen LogP contribution in [0.2, 0.25) is 0 Å². The Morgan fingerprint density at radius 2 is 1.00 bits per heavy atom. The van der Waals surface area contributed by atoms with Crippen LogP contribution in [0, 0.1) is 13.8 Å². The molecule has 4 rings (SSSR count). The molecule has 50 heavy (non-hydrogen) atoms. The Kier molecular flexibility index (Phi) is 14.7. The predicted molar refractivity (Wildman–Crippen MR) is 174 cm³/mol. The van der Waals surface area contributed by atoms with Crippen LogP contribution in [0.4, 0.5) is 26.3 Å². The molecular weight excluding hydrogens is 714 g/mol. The molecule has 0 aliphatic heterocycles. The Balaban J connectivity index is 0.000000320. The Morgan fingerprint density at radius 3 is 1.34 bits per heavy atom. The van der Waals surface area contributed by atoms with Crippen molar-refractivity contribution in [1.82, 2.24) is 5.32 Å². The summed E-state index contributed by atoms with van der Waals surface area (Å²) in [7, 11) is -8.04. The fraction of sp³-hybridized carbons (Fsp3) is 0.273. The summed E-state index contributed by atoms with van der Waals surface area (Å²) in [6, 6.07) is 24.4. The molecule has 0 aliphatic rings. The van der Waals surface area contributed by atoms with Gasteiger partial charge in [-0.3, -0.25) is 14.4 Å². The van der Waals surface area contributed by atoms with E-state index in [0.717, 1.165) is 35.4 Å². The highest BCUT2D eigenvalue weighted by atomic mass is 32.2. The zero-order valence-electron chi connectivity index (χ0n) is 26.6. The third kappa shape index (κ3) is 12.2. The van der Waals surface area contributed by atoms with E-state index in [4.69, 9.17) is 14.8 Å². The van der Waals surface area contributed by atoms with E-state index in [9.17, 15) is 48.3 Å². The molecule has 0 spiro atoms. The van der Waals surface area contributed by atoms with Crippen molar-refractivity contribution in [2.24, 2.45) is 5.73 Å². The first-order valence-electron chi connectivity index (χ1n) is 14.5. The van der Waals surface area contributed by atoms with Crippen molar-refractivity contribution in [1.29, 1.82) is 0 Å². The lowest BCUT2D eigenvalue weighted by Gasteiger charge is -2.39. The standard InChI is InChI=1S/C19H20F6N2O.2C7H8O3S/c20-18(21,22)17(19(23,24)25,14-9-5-2-6-10-14)27-12-16(28)15(26)11-13-7-3-1-4-8-13;2*1-6-2-4-7(5-3-6)11(8,9)10/h1-10,15-16,27-28H,11-12,26H2;2*2-5H,1H3,(H,8,9,10)/t15-,16+;;/m0../s1. The number of aliphatic hydroxyl groups excluding tert-OH is 1. The molecule has 0 aromatic heterocycles. The first-order valence-corrected chi connectivity index (χ1v) is 17.4. The van der Waals surface area contributed by atoms with E-state index < -0.39 is 62.4 Å². The minimum absolute atomic E-state index is 0.0666. The highest BCUT2D eigenvalue weighted by molar-refractivity contribution is 7.86. The maximum atomic E-state index is 13.7. The van der Waals surface area contributed by atoms with Gasteiger partial charge in [0.2, 0.25) is 5.54 Å². The van der Waals surface area contributed by atoms with Crippen LogP contribution in [-0.2, 0) is 32.2 Å². The Labute approximate surface area is 286 Å². The summed E-state index contributed by atoms with van der Waals surface area (Å²) in [4.78, 5) is -0.133.